The molecule has 2 aromatic rings. The Morgan fingerprint density at radius 1 is 1.41 bits per heavy atom. The number of aliphatic hydroxyl groups is 1. The van der Waals surface area contributed by atoms with Crippen LogP contribution >= 0.6 is 0 Å². The third-order valence-corrected chi connectivity index (χ3v) is 3.25. The van der Waals surface area contributed by atoms with Crippen LogP contribution in [0.3, 0.4) is 0 Å². The van der Waals surface area contributed by atoms with Gasteiger partial charge < -0.3 is 15.0 Å². The lowest BCUT2D eigenvalue weighted by molar-refractivity contribution is 0.0765. The molecule has 1 fully saturated rings. The molecule has 3 rings (SSSR count). The van der Waals surface area contributed by atoms with Crippen LogP contribution in [0.2, 0.25) is 0 Å². The molecule has 2 heterocycles. The minimum atomic E-state index is -0.366. The predicted molar refractivity (Wildman–Crippen MR) is 64.8 cm³/mol. The Hall–Kier alpha value is -1.81. The zero-order valence-corrected chi connectivity index (χ0v) is 9.39. The Morgan fingerprint density at radius 3 is 3.06 bits per heavy atom. The van der Waals surface area contributed by atoms with Crippen molar-refractivity contribution < 1.29 is 9.90 Å². The fraction of sp³-hybridized carbons (Fsp3) is 0.308. The van der Waals surface area contributed by atoms with E-state index >= 15 is 0 Å². The van der Waals surface area contributed by atoms with Crippen molar-refractivity contribution in [3.05, 3.63) is 36.0 Å². The number of nitrogens with zero attached hydrogens (tertiary/aromatic N) is 1. The molecule has 17 heavy (non-hydrogen) atoms. The second kappa shape index (κ2) is 3.89. The number of H-pyrrole nitrogens is 1. The largest absolute Gasteiger partial charge is 0.391 e. The number of aromatic amines is 1. The molecule has 1 aromatic carbocycles. The molecule has 1 aliphatic heterocycles. The van der Waals surface area contributed by atoms with Crippen molar-refractivity contribution in [2.75, 3.05) is 13.1 Å². The molecular formula is C13H14N2O2. The number of likely N-dealkylation sites (tertiary alicyclic amines) is 1. The lowest BCUT2D eigenvalue weighted by atomic mass is 10.1. The van der Waals surface area contributed by atoms with Gasteiger partial charge in [0.2, 0.25) is 0 Å². The van der Waals surface area contributed by atoms with Crippen LogP contribution in [0, 0.1) is 0 Å². The maximum atomic E-state index is 12.2. The smallest absolute Gasteiger partial charge is 0.253 e. The lowest BCUT2D eigenvalue weighted by Gasteiger charge is -2.15. The van der Waals surface area contributed by atoms with Crippen molar-refractivity contribution in [3.63, 3.8) is 0 Å². The molecule has 1 saturated heterocycles. The molecule has 0 bridgehead atoms. The van der Waals surface area contributed by atoms with E-state index in [1.165, 1.54) is 0 Å². The van der Waals surface area contributed by atoms with Crippen LogP contribution in [0.4, 0.5) is 0 Å². The molecule has 0 saturated carbocycles. The van der Waals surface area contributed by atoms with Crippen molar-refractivity contribution in [2.24, 2.45) is 0 Å². The number of aliphatic hydroxyl groups excluding tert-OH is 1. The number of hydrogen-bond donors (Lipinski definition) is 2. The quantitative estimate of drug-likeness (QED) is 0.777. The van der Waals surface area contributed by atoms with Gasteiger partial charge in [0.15, 0.2) is 0 Å². The maximum absolute atomic E-state index is 12.2. The standard InChI is InChI=1S/C13H14N2O2/c16-11-4-6-15(8-11)13(17)10-1-2-12-9(7-10)3-5-14-12/h1-3,5,7,11,14,16H,4,6,8H2. The number of carbonyl (C=O) groups excluding carboxylic acids is 1. The molecule has 0 aliphatic carbocycles. The van der Waals surface area contributed by atoms with Gasteiger partial charge in [0, 0.05) is 35.8 Å². The Labute approximate surface area is 98.9 Å². The van der Waals surface area contributed by atoms with Gasteiger partial charge in [0.05, 0.1) is 6.10 Å². The fourth-order valence-corrected chi connectivity index (χ4v) is 2.30. The molecule has 0 radical (unpaired) electrons. The van der Waals surface area contributed by atoms with Gasteiger partial charge in [-0.2, -0.15) is 0 Å². The monoisotopic (exact) mass is 230 g/mol. The molecular weight excluding hydrogens is 216 g/mol. The number of carbonyl (C=O) groups is 1. The van der Waals surface area contributed by atoms with E-state index in [9.17, 15) is 9.90 Å². The van der Waals surface area contributed by atoms with Gasteiger partial charge in [-0.15, -0.1) is 0 Å². The summed E-state index contributed by atoms with van der Waals surface area (Å²) in [7, 11) is 0. The molecule has 1 aromatic heterocycles. The van der Waals surface area contributed by atoms with E-state index in [4.69, 9.17) is 0 Å². The van der Waals surface area contributed by atoms with Crippen molar-refractivity contribution in [1.82, 2.24) is 9.88 Å². The Balaban J connectivity index is 1.89. The number of β-amino-alcohol motifs (C(OH)–C–C–N with tert-alkyl or cyclic N) is 1. The van der Waals surface area contributed by atoms with Crippen molar-refractivity contribution in [3.8, 4) is 0 Å². The zero-order valence-electron chi connectivity index (χ0n) is 9.39. The minimum absolute atomic E-state index is 0.00431. The summed E-state index contributed by atoms with van der Waals surface area (Å²) in [6.07, 6.45) is 2.17. The van der Waals surface area contributed by atoms with E-state index in [1.807, 2.05) is 30.5 Å². The van der Waals surface area contributed by atoms with E-state index in [0.717, 1.165) is 10.9 Å². The molecule has 4 heteroatoms. The zero-order chi connectivity index (χ0) is 11.8. The van der Waals surface area contributed by atoms with Gasteiger partial charge in [-0.25, -0.2) is 0 Å². The van der Waals surface area contributed by atoms with Gasteiger partial charge >= 0.3 is 0 Å². The molecule has 2 N–H and O–H groups in total. The summed E-state index contributed by atoms with van der Waals surface area (Å²) >= 11 is 0. The minimum Gasteiger partial charge on any atom is -0.391 e. The lowest BCUT2D eigenvalue weighted by Crippen LogP contribution is -2.29. The number of fused-ring (bicyclic) bond motifs is 1. The third-order valence-electron chi connectivity index (χ3n) is 3.25. The SMILES string of the molecule is O=C(c1ccc2[nH]ccc2c1)N1CCC(O)C1. The first-order valence-electron chi connectivity index (χ1n) is 5.78. The van der Waals surface area contributed by atoms with E-state index in [0.29, 0.717) is 25.1 Å². The first-order valence-corrected chi connectivity index (χ1v) is 5.78. The highest BCUT2D eigenvalue weighted by atomic mass is 16.3. The average Bonchev–Trinajstić information content (AvgIpc) is 2.95. The second-order valence-electron chi connectivity index (χ2n) is 4.47. The number of benzene rings is 1. The topological polar surface area (TPSA) is 56.3 Å². The number of amides is 1. The van der Waals surface area contributed by atoms with Gasteiger partial charge in [0.25, 0.3) is 5.91 Å². The molecule has 88 valence electrons. The third kappa shape index (κ3) is 1.80. The molecule has 0 spiro atoms. The molecule has 1 unspecified atom stereocenters. The summed E-state index contributed by atoms with van der Waals surface area (Å²) < 4.78 is 0. The van der Waals surface area contributed by atoms with Crippen molar-refractivity contribution in [1.29, 1.82) is 0 Å². The van der Waals surface area contributed by atoms with E-state index in [1.54, 1.807) is 4.90 Å². The van der Waals surface area contributed by atoms with Gasteiger partial charge in [-0.1, -0.05) is 0 Å². The highest BCUT2D eigenvalue weighted by Crippen LogP contribution is 2.18. The van der Waals surface area contributed by atoms with Crippen molar-refractivity contribution in [2.45, 2.75) is 12.5 Å². The van der Waals surface area contributed by atoms with E-state index < -0.39 is 0 Å². The molecule has 1 atom stereocenters. The number of rotatable bonds is 1. The fourth-order valence-electron chi connectivity index (χ4n) is 2.30. The highest BCUT2D eigenvalue weighted by Gasteiger charge is 2.25. The van der Waals surface area contributed by atoms with Crippen LogP contribution in [-0.2, 0) is 0 Å². The number of nitrogens with one attached hydrogen (secondary N) is 1. The van der Waals surface area contributed by atoms with Gasteiger partial charge in [0.1, 0.15) is 0 Å². The summed E-state index contributed by atoms with van der Waals surface area (Å²) in [5.41, 5.74) is 1.72. The van der Waals surface area contributed by atoms with Gasteiger partial charge in [-0.3, -0.25) is 4.79 Å². The van der Waals surface area contributed by atoms with Crippen LogP contribution in [0.1, 0.15) is 16.8 Å². The number of hydrogen-bond acceptors (Lipinski definition) is 2. The van der Waals surface area contributed by atoms with Crippen molar-refractivity contribution >= 4 is 16.8 Å². The van der Waals surface area contributed by atoms with E-state index in [-0.39, 0.29) is 12.0 Å². The van der Waals surface area contributed by atoms with Crippen LogP contribution < -0.4 is 0 Å². The molecule has 1 amide bonds. The van der Waals surface area contributed by atoms with Crippen LogP contribution in [-0.4, -0.2) is 40.1 Å². The normalized spacial score (nSPS) is 20.1. The van der Waals surface area contributed by atoms with Gasteiger partial charge in [-0.05, 0) is 30.7 Å². The first kappa shape index (κ1) is 10.4. The second-order valence-corrected chi connectivity index (χ2v) is 4.47. The Bertz CT molecular complexity index is 561. The summed E-state index contributed by atoms with van der Waals surface area (Å²) in [5, 5.41) is 10.5. The summed E-state index contributed by atoms with van der Waals surface area (Å²) in [6.45, 7) is 1.09. The Kier molecular flexibility index (Phi) is 2.37. The summed E-state index contributed by atoms with van der Waals surface area (Å²) in [6, 6.07) is 7.57. The summed E-state index contributed by atoms with van der Waals surface area (Å²) in [4.78, 5) is 17.0. The average molecular weight is 230 g/mol. The maximum Gasteiger partial charge on any atom is 0.253 e. The molecule has 4 nitrogen and oxygen atoms in total. The van der Waals surface area contributed by atoms with E-state index in [2.05, 4.69) is 4.98 Å². The Morgan fingerprint density at radius 2 is 2.29 bits per heavy atom. The first-order chi connectivity index (χ1) is 8.24. The van der Waals surface area contributed by atoms with Crippen LogP contribution in [0.25, 0.3) is 10.9 Å². The summed E-state index contributed by atoms with van der Waals surface area (Å²) in [5.74, 6) is 0.00431. The molecule has 1 aliphatic rings. The number of aromatic nitrogens is 1. The van der Waals surface area contributed by atoms with Crippen LogP contribution in [0.15, 0.2) is 30.5 Å². The predicted octanol–water partition coefficient (Wildman–Crippen LogP) is 1.37. The van der Waals surface area contributed by atoms with Crippen LogP contribution in [0.5, 0.6) is 0 Å². The highest BCUT2D eigenvalue weighted by molar-refractivity contribution is 5.98.